The summed E-state index contributed by atoms with van der Waals surface area (Å²) in [5.74, 6) is 0.556. The average molecular weight is 1390 g/mol. The van der Waals surface area contributed by atoms with Gasteiger partial charge in [0.1, 0.15) is 16.6 Å². The van der Waals surface area contributed by atoms with Crippen LogP contribution in [0, 0.1) is 7.43 Å². The van der Waals surface area contributed by atoms with Gasteiger partial charge in [0.2, 0.25) is 0 Å². The number of fused-ring (bicyclic) bond motifs is 2. The Morgan fingerprint density at radius 1 is 0.683 bits per heavy atom. The molecule has 82 heavy (non-hydrogen) atoms. The molecular weight excluding hydrogens is 1320 g/mol. The number of aliphatic imine (C=N–C) groups is 2. The number of carbonyl (C=O) groups is 3. The normalized spacial score (nSPS) is 15.9. The number of carbonyl (C=O) groups excluding carboxylic acids is 3. The Kier molecular flexibility index (Phi) is 23.3. The summed E-state index contributed by atoms with van der Waals surface area (Å²) < 4.78 is 23.2. The van der Waals surface area contributed by atoms with E-state index in [1.807, 2.05) is 118 Å². The predicted molar refractivity (Wildman–Crippen MR) is 339 cm³/mol. The first-order chi connectivity index (χ1) is 39.3. The van der Waals surface area contributed by atoms with Gasteiger partial charge in [0.25, 0.3) is 11.8 Å². The summed E-state index contributed by atoms with van der Waals surface area (Å²) in [6.07, 6.45) is 8.45. The van der Waals surface area contributed by atoms with Gasteiger partial charge in [-0.25, -0.2) is 14.8 Å². The van der Waals surface area contributed by atoms with E-state index in [4.69, 9.17) is 40.5 Å². The number of piperidine rings is 2. The van der Waals surface area contributed by atoms with E-state index >= 15 is 0 Å². The van der Waals surface area contributed by atoms with Gasteiger partial charge in [-0.2, -0.15) is 0 Å². The molecule has 0 bridgehead atoms. The first-order valence-corrected chi connectivity index (χ1v) is 36.6. The van der Waals surface area contributed by atoms with Crippen LogP contribution in [0.4, 0.5) is 33.4 Å². The zero-order valence-corrected chi connectivity index (χ0v) is 53.1. The van der Waals surface area contributed by atoms with Gasteiger partial charge in [-0.3, -0.25) is 19.6 Å². The number of benzene rings is 4. The third kappa shape index (κ3) is 17.6. The monoisotopic (exact) mass is 1390 g/mol. The van der Waals surface area contributed by atoms with Crippen LogP contribution in [-0.2, 0) is 54.5 Å². The Bertz CT molecular complexity index is 3230. The van der Waals surface area contributed by atoms with Crippen molar-refractivity contribution in [2.24, 2.45) is 9.98 Å². The van der Waals surface area contributed by atoms with Gasteiger partial charge in [-0.1, -0.05) is 60.1 Å². The average Bonchev–Trinajstić information content (AvgIpc) is 4.26. The molecule has 0 atom stereocenters. The van der Waals surface area contributed by atoms with Crippen LogP contribution in [-0.4, -0.2) is 114 Å². The van der Waals surface area contributed by atoms with Crippen molar-refractivity contribution >= 4 is 109 Å². The molecule has 5 aliphatic rings. The van der Waals surface area contributed by atoms with Crippen LogP contribution in [0.5, 0.6) is 0 Å². The molecule has 4 aromatic carbocycles. The number of anilines is 3. The number of likely N-dealkylation sites (tertiary alicyclic amines) is 1. The number of ether oxygens (including phenoxy) is 4. The van der Waals surface area contributed by atoms with Crippen molar-refractivity contribution < 1.29 is 42.8 Å². The molecule has 431 valence electrons. The van der Waals surface area contributed by atoms with Crippen molar-refractivity contribution in [2.45, 2.75) is 90.3 Å². The summed E-state index contributed by atoms with van der Waals surface area (Å²) in [7, 11) is 0.628. The molecule has 3 saturated heterocycles. The number of aromatic nitrogens is 2. The summed E-state index contributed by atoms with van der Waals surface area (Å²) in [4.78, 5) is 61.2. The van der Waals surface area contributed by atoms with Crippen molar-refractivity contribution in [2.75, 3.05) is 68.0 Å². The number of para-hydroxylation sites is 2. The predicted octanol–water partition coefficient (Wildman–Crippen LogP) is 12.9. The molecule has 0 radical (unpaired) electrons. The number of hydrogen-bond acceptors (Lipinski definition) is 13. The summed E-state index contributed by atoms with van der Waals surface area (Å²) in [5.41, 5.74) is 11.3. The maximum atomic E-state index is 13.3. The maximum absolute atomic E-state index is 13.3. The summed E-state index contributed by atoms with van der Waals surface area (Å²) >= 11 is 10.8. The molecule has 20 heteroatoms. The Morgan fingerprint density at radius 2 is 1.18 bits per heavy atom. The van der Waals surface area contributed by atoms with Crippen LogP contribution in [0.1, 0.15) is 101 Å². The fourth-order valence-electron chi connectivity index (χ4n) is 10.1. The molecule has 0 spiro atoms. The van der Waals surface area contributed by atoms with Crippen molar-refractivity contribution in [1.82, 2.24) is 20.2 Å². The third-order valence-corrected chi connectivity index (χ3v) is 14.3. The van der Waals surface area contributed by atoms with Crippen LogP contribution < -0.4 is 20.9 Å². The van der Waals surface area contributed by atoms with Gasteiger partial charge in [0.15, 0.2) is 0 Å². The molecule has 11 rings (SSSR count). The minimum absolute atomic E-state index is 0. The van der Waals surface area contributed by atoms with Gasteiger partial charge in [-0.05, 0) is 142 Å². The molecule has 0 unspecified atom stereocenters. The van der Waals surface area contributed by atoms with Gasteiger partial charge < -0.3 is 52.1 Å². The van der Waals surface area contributed by atoms with Gasteiger partial charge in [-0.15, -0.1) is 0 Å². The molecule has 3 amide bonds. The van der Waals surface area contributed by atoms with Crippen molar-refractivity contribution in [3.63, 3.8) is 0 Å². The zero-order chi connectivity index (χ0) is 56.7. The fraction of sp³-hybridized carbons (Fsp3) is 0.355. The van der Waals surface area contributed by atoms with Crippen LogP contribution >= 0.6 is 51.6 Å². The summed E-state index contributed by atoms with van der Waals surface area (Å²) in [6.45, 7) is 12.9. The topological polar surface area (TPSA) is 181 Å². The third-order valence-electron chi connectivity index (χ3n) is 14.1. The molecule has 6 aromatic rings. The second kappa shape index (κ2) is 30.5. The number of nitrogens with zero attached hydrogens (tertiary/aromatic N) is 6. The first-order valence-electron chi connectivity index (χ1n) is 27.2. The standard InChI is InChI=1S/C31H33ClN4O4.C30H33N5O3.CH3.2HI.V/c1-31(2,3)40-30(38)36-14-11-24(12-15-36)39-19-20-6-4-8-23(16-20)34-29(37)25-9-5-7-22-17-26(35-28(22)25)21-10-13-33-27(32)18-21;36-30(33-24-5-1-3-21(17-24)20-38-25-8-10-31-11-9-25)26-6-2-4-23-18-27(34-29(23)26)22-7-12-32-28(19-22)35-13-15-37-16-14-35;;;;/h4-10,13,16,18,24H,11-12,14-15,17,19H2,1-3H3,(H,34,37);1-7,12,17,19,25,31H,8-11,13-16,18,20H2,(H,33,36);1H3;2*1H;/q;;-1;;;+2/p-2. The minimum atomic E-state index is -0.504. The molecular formula is C62H69ClI2N9O7V-. The van der Waals surface area contributed by atoms with Crippen LogP contribution in [0.3, 0.4) is 0 Å². The van der Waals surface area contributed by atoms with Crippen LogP contribution in [0.15, 0.2) is 132 Å². The Balaban J connectivity index is 0.000000203. The zero-order valence-electron chi connectivity index (χ0n) is 46.6. The molecule has 0 saturated carbocycles. The van der Waals surface area contributed by atoms with Crippen LogP contribution in [0.2, 0.25) is 5.15 Å². The van der Waals surface area contributed by atoms with E-state index in [-0.39, 0.29) is 31.4 Å². The number of halogens is 3. The fourth-order valence-corrected chi connectivity index (χ4v) is 10.3. The molecule has 3 N–H and O–H groups in total. The number of rotatable bonds is 13. The number of amides is 3. The van der Waals surface area contributed by atoms with E-state index in [9.17, 15) is 14.4 Å². The van der Waals surface area contributed by atoms with Crippen molar-refractivity contribution in [1.29, 1.82) is 0 Å². The summed E-state index contributed by atoms with van der Waals surface area (Å²) in [5, 5.41) is 9.85. The Labute approximate surface area is 515 Å². The molecule has 2 aromatic heterocycles. The molecule has 3 fully saturated rings. The SMILES string of the molecule is CC(C)(C)OC(=O)N1CCC(OCc2cccc(NC(=O)c3cccc4c3N=C(c3ccnc(Cl)c3)C4)c2)CC1.O=C(Nc1cccc(COC2CCNCC2)c1)c1cccc2c1N=C(c1ccnc(N3CCOCC3)c1)C2.[CH3-].[I][V][I]. The Morgan fingerprint density at radius 3 is 1.71 bits per heavy atom. The quantitative estimate of drug-likeness (QED) is 0.0569. The molecule has 7 heterocycles. The van der Waals surface area contributed by atoms with Crippen molar-refractivity contribution in [3.8, 4) is 0 Å². The molecule has 0 aliphatic carbocycles. The van der Waals surface area contributed by atoms with E-state index in [1.165, 1.54) is 0 Å². The van der Waals surface area contributed by atoms with Crippen LogP contribution in [0.25, 0.3) is 0 Å². The number of pyridine rings is 2. The van der Waals surface area contributed by atoms with E-state index < -0.39 is 5.60 Å². The number of morpholine rings is 1. The number of hydrogen-bond donors (Lipinski definition) is 3. The number of nitrogens with one attached hydrogen (secondary N) is 3. The van der Waals surface area contributed by atoms with E-state index in [0.29, 0.717) is 95.6 Å². The van der Waals surface area contributed by atoms with Gasteiger partial charge >= 0.3 is 55.5 Å². The molecule has 5 aliphatic heterocycles. The first kappa shape index (κ1) is 62.7. The van der Waals surface area contributed by atoms with Gasteiger partial charge in [0.05, 0.1) is 72.6 Å². The van der Waals surface area contributed by atoms with Crippen molar-refractivity contribution in [3.05, 3.63) is 179 Å². The second-order valence-electron chi connectivity index (χ2n) is 21.1. The van der Waals surface area contributed by atoms with E-state index in [2.05, 4.69) is 76.8 Å². The Hall–Kier alpha value is -5.30. The molecule has 16 nitrogen and oxygen atoms in total. The summed E-state index contributed by atoms with van der Waals surface area (Å²) in [6, 6.07) is 34.8. The van der Waals surface area contributed by atoms with Gasteiger partial charge in [0, 0.05) is 73.9 Å². The van der Waals surface area contributed by atoms with E-state index in [0.717, 1.165) is 114 Å². The van der Waals surface area contributed by atoms with E-state index in [1.54, 1.807) is 23.2 Å². The second-order valence-corrected chi connectivity index (χ2v) is 33.3.